The molecule has 0 unspecified atom stereocenters. The Hall–Kier alpha value is -0.330. The highest BCUT2D eigenvalue weighted by molar-refractivity contribution is 5.85. The largest absolute Gasteiger partial charge is 0.294 e. The molecule has 0 aromatic heterocycles. The van der Waals surface area contributed by atoms with Crippen molar-refractivity contribution in [3.63, 3.8) is 0 Å². The van der Waals surface area contributed by atoms with Gasteiger partial charge in [0, 0.05) is 12.3 Å². The minimum Gasteiger partial charge on any atom is -0.294 e. The maximum absolute atomic E-state index is 4.48. The van der Waals surface area contributed by atoms with Crippen LogP contribution in [0.25, 0.3) is 0 Å². The molecule has 0 aliphatic rings. The van der Waals surface area contributed by atoms with Gasteiger partial charge in [-0.25, -0.2) is 0 Å². The van der Waals surface area contributed by atoms with Crippen LogP contribution in [0.5, 0.6) is 0 Å². The van der Waals surface area contributed by atoms with Crippen LogP contribution < -0.4 is 0 Å². The van der Waals surface area contributed by atoms with Crippen LogP contribution in [0, 0.1) is 5.92 Å². The monoisotopic (exact) mass is 141 g/mol. The van der Waals surface area contributed by atoms with Gasteiger partial charge in [0.1, 0.15) is 0 Å². The predicted octanol–water partition coefficient (Wildman–Crippen LogP) is 2.90. The van der Waals surface area contributed by atoms with Gasteiger partial charge in [0.25, 0.3) is 0 Å². The van der Waals surface area contributed by atoms with E-state index in [0.29, 0.717) is 5.92 Å². The van der Waals surface area contributed by atoms with Crippen molar-refractivity contribution in [2.45, 2.75) is 40.5 Å². The maximum Gasteiger partial charge on any atom is 0.0386 e. The minimum absolute atomic E-state index is 0.636. The molecule has 1 nitrogen and oxygen atoms in total. The van der Waals surface area contributed by atoms with Gasteiger partial charge in [0.15, 0.2) is 0 Å². The van der Waals surface area contributed by atoms with Crippen LogP contribution in [0.2, 0.25) is 0 Å². The molecular formula is C9H19N. The molecule has 0 saturated carbocycles. The van der Waals surface area contributed by atoms with E-state index in [4.69, 9.17) is 0 Å². The summed E-state index contributed by atoms with van der Waals surface area (Å²) in [5.74, 6) is 0.636. The minimum atomic E-state index is 0.636. The molecular weight excluding hydrogens is 122 g/mol. The van der Waals surface area contributed by atoms with Crippen molar-refractivity contribution in [3.8, 4) is 0 Å². The third kappa shape index (κ3) is 3.65. The van der Waals surface area contributed by atoms with E-state index in [1.807, 2.05) is 0 Å². The van der Waals surface area contributed by atoms with Crippen molar-refractivity contribution >= 4 is 5.71 Å². The standard InChI is InChI=1S/C9H19N/c1-5-7-10-9(6-2)8(3)4/h8H,5-7H2,1-4H3. The van der Waals surface area contributed by atoms with Gasteiger partial charge < -0.3 is 0 Å². The van der Waals surface area contributed by atoms with Gasteiger partial charge in [-0.1, -0.05) is 27.7 Å². The lowest BCUT2D eigenvalue weighted by atomic mass is 10.1. The van der Waals surface area contributed by atoms with Crippen molar-refractivity contribution in [2.24, 2.45) is 10.9 Å². The Balaban J connectivity index is 3.79. The lowest BCUT2D eigenvalue weighted by Gasteiger charge is -2.06. The highest BCUT2D eigenvalue weighted by Crippen LogP contribution is 2.01. The van der Waals surface area contributed by atoms with Crippen LogP contribution >= 0.6 is 0 Å². The van der Waals surface area contributed by atoms with E-state index >= 15 is 0 Å². The van der Waals surface area contributed by atoms with Gasteiger partial charge in [0.05, 0.1) is 0 Å². The van der Waals surface area contributed by atoms with E-state index in [1.54, 1.807) is 0 Å². The molecule has 0 amide bonds. The van der Waals surface area contributed by atoms with Crippen molar-refractivity contribution in [1.82, 2.24) is 0 Å². The molecule has 0 aromatic rings. The molecule has 1 heteroatoms. The summed E-state index contributed by atoms with van der Waals surface area (Å²) in [5, 5.41) is 0. The van der Waals surface area contributed by atoms with Crippen molar-refractivity contribution < 1.29 is 0 Å². The van der Waals surface area contributed by atoms with Gasteiger partial charge in [-0.15, -0.1) is 0 Å². The number of nitrogens with zero attached hydrogens (tertiary/aromatic N) is 1. The van der Waals surface area contributed by atoms with Crippen molar-refractivity contribution in [1.29, 1.82) is 0 Å². The zero-order valence-corrected chi connectivity index (χ0v) is 7.65. The Morgan fingerprint density at radius 3 is 2.20 bits per heavy atom. The average Bonchev–Trinajstić information content (AvgIpc) is 1.89. The summed E-state index contributed by atoms with van der Waals surface area (Å²) >= 11 is 0. The van der Waals surface area contributed by atoms with Gasteiger partial charge in [-0.2, -0.15) is 0 Å². The van der Waals surface area contributed by atoms with Crippen molar-refractivity contribution in [2.75, 3.05) is 6.54 Å². The Kier molecular flexibility index (Phi) is 5.27. The van der Waals surface area contributed by atoms with Gasteiger partial charge >= 0.3 is 0 Å². The summed E-state index contributed by atoms with van der Waals surface area (Å²) in [6, 6.07) is 0. The Bertz CT molecular complexity index is 103. The molecule has 0 saturated heterocycles. The molecule has 0 radical (unpaired) electrons. The molecule has 0 N–H and O–H groups in total. The number of rotatable bonds is 4. The number of hydrogen-bond acceptors (Lipinski definition) is 1. The second-order valence-corrected chi connectivity index (χ2v) is 2.88. The number of aliphatic imine (C=N–C) groups is 1. The van der Waals surface area contributed by atoms with Gasteiger partial charge in [-0.05, 0) is 18.8 Å². The highest BCUT2D eigenvalue weighted by atomic mass is 14.7. The summed E-state index contributed by atoms with van der Waals surface area (Å²) in [4.78, 5) is 4.48. The third-order valence-corrected chi connectivity index (χ3v) is 1.57. The van der Waals surface area contributed by atoms with Crippen LogP contribution in [-0.2, 0) is 0 Å². The van der Waals surface area contributed by atoms with Gasteiger partial charge in [0.2, 0.25) is 0 Å². The molecule has 0 rings (SSSR count). The zero-order valence-electron chi connectivity index (χ0n) is 7.65. The third-order valence-electron chi connectivity index (χ3n) is 1.57. The molecule has 0 atom stereocenters. The molecule has 0 heterocycles. The molecule has 0 aliphatic carbocycles. The van der Waals surface area contributed by atoms with E-state index in [0.717, 1.165) is 19.4 Å². The predicted molar refractivity (Wildman–Crippen MR) is 47.7 cm³/mol. The van der Waals surface area contributed by atoms with Crippen LogP contribution in [0.15, 0.2) is 4.99 Å². The molecule has 0 spiro atoms. The molecule has 0 aliphatic heterocycles. The average molecular weight is 141 g/mol. The molecule has 0 aromatic carbocycles. The van der Waals surface area contributed by atoms with E-state index in [9.17, 15) is 0 Å². The first kappa shape index (κ1) is 9.67. The zero-order chi connectivity index (χ0) is 7.98. The van der Waals surface area contributed by atoms with E-state index in [1.165, 1.54) is 5.71 Å². The fourth-order valence-electron chi connectivity index (χ4n) is 0.958. The lowest BCUT2D eigenvalue weighted by molar-refractivity contribution is 0.828. The highest BCUT2D eigenvalue weighted by Gasteiger charge is 1.99. The second-order valence-electron chi connectivity index (χ2n) is 2.88. The molecule has 0 bridgehead atoms. The summed E-state index contributed by atoms with van der Waals surface area (Å²) in [7, 11) is 0. The maximum atomic E-state index is 4.48. The summed E-state index contributed by atoms with van der Waals surface area (Å²) in [6.45, 7) is 9.75. The summed E-state index contributed by atoms with van der Waals surface area (Å²) in [6.07, 6.45) is 2.27. The van der Waals surface area contributed by atoms with E-state index in [-0.39, 0.29) is 0 Å². The second kappa shape index (κ2) is 5.45. The topological polar surface area (TPSA) is 12.4 Å². The first-order valence-electron chi connectivity index (χ1n) is 4.25. The smallest absolute Gasteiger partial charge is 0.0386 e. The van der Waals surface area contributed by atoms with Crippen LogP contribution in [0.1, 0.15) is 40.5 Å². The van der Waals surface area contributed by atoms with Crippen molar-refractivity contribution in [3.05, 3.63) is 0 Å². The molecule has 10 heavy (non-hydrogen) atoms. The van der Waals surface area contributed by atoms with Crippen LogP contribution in [-0.4, -0.2) is 12.3 Å². The van der Waals surface area contributed by atoms with Crippen LogP contribution in [0.3, 0.4) is 0 Å². The first-order valence-corrected chi connectivity index (χ1v) is 4.25. The Morgan fingerprint density at radius 2 is 1.90 bits per heavy atom. The summed E-state index contributed by atoms with van der Waals surface area (Å²) < 4.78 is 0. The van der Waals surface area contributed by atoms with Gasteiger partial charge in [-0.3, -0.25) is 4.99 Å². The SMILES string of the molecule is CCCN=C(CC)C(C)C. The number of hydrogen-bond donors (Lipinski definition) is 0. The fourth-order valence-corrected chi connectivity index (χ4v) is 0.958. The van der Waals surface area contributed by atoms with Crippen LogP contribution in [0.4, 0.5) is 0 Å². The normalized spacial score (nSPS) is 12.7. The molecule has 0 fully saturated rings. The first-order chi connectivity index (χ1) is 4.72. The molecule has 60 valence electrons. The van der Waals surface area contributed by atoms with E-state index in [2.05, 4.69) is 32.7 Å². The fraction of sp³-hybridized carbons (Fsp3) is 0.889. The lowest BCUT2D eigenvalue weighted by Crippen LogP contribution is -2.06. The quantitative estimate of drug-likeness (QED) is 0.534. The Morgan fingerprint density at radius 1 is 1.30 bits per heavy atom. The summed E-state index contributed by atoms with van der Waals surface area (Å²) in [5.41, 5.74) is 1.36. The van der Waals surface area contributed by atoms with E-state index < -0.39 is 0 Å². The Labute approximate surface area is 64.6 Å².